The van der Waals surface area contributed by atoms with E-state index < -0.39 is 6.04 Å². The summed E-state index contributed by atoms with van der Waals surface area (Å²) in [7, 11) is 1.57. The van der Waals surface area contributed by atoms with Crippen LogP contribution < -0.4 is 10.1 Å². The minimum atomic E-state index is -0.652. The topological polar surface area (TPSA) is 62.1 Å². The average molecular weight is 272 g/mol. The summed E-state index contributed by atoms with van der Waals surface area (Å²) < 4.78 is 5.25. The van der Waals surface area contributed by atoms with E-state index in [9.17, 15) is 10.1 Å². The molecule has 0 heterocycles. The summed E-state index contributed by atoms with van der Waals surface area (Å²) in [5, 5.41) is 12.2. The Bertz CT molecular complexity index is 501. The molecule has 20 heavy (non-hydrogen) atoms. The maximum Gasteiger partial charge on any atom is 0.224 e. The van der Waals surface area contributed by atoms with Crippen LogP contribution >= 0.6 is 0 Å². The number of para-hydroxylation sites is 1. The SMILES string of the molecule is COc1ccccc1[C@@H](C#N)NC(=O)C1CCCCC1. The van der Waals surface area contributed by atoms with E-state index in [0.29, 0.717) is 11.3 Å². The number of benzene rings is 1. The van der Waals surface area contributed by atoms with Gasteiger partial charge in [-0.15, -0.1) is 0 Å². The van der Waals surface area contributed by atoms with Gasteiger partial charge in [0.2, 0.25) is 5.91 Å². The van der Waals surface area contributed by atoms with Crippen molar-refractivity contribution < 1.29 is 9.53 Å². The number of carbonyl (C=O) groups is 1. The molecule has 1 N–H and O–H groups in total. The highest BCUT2D eigenvalue weighted by Crippen LogP contribution is 2.27. The fraction of sp³-hybridized carbons (Fsp3) is 0.500. The van der Waals surface area contributed by atoms with Gasteiger partial charge in [-0.25, -0.2) is 0 Å². The Kier molecular flexibility index (Phi) is 5.00. The number of hydrogen-bond acceptors (Lipinski definition) is 3. The molecule has 1 aromatic rings. The standard InChI is InChI=1S/C16H20N2O2/c1-20-15-10-6-5-9-13(15)14(11-17)18-16(19)12-7-3-2-4-8-12/h5-6,9-10,12,14H,2-4,7-8H2,1H3,(H,18,19)/t14-/m1/s1. The van der Waals surface area contributed by atoms with Crippen LogP contribution in [-0.2, 0) is 4.79 Å². The minimum absolute atomic E-state index is 0.0119. The van der Waals surface area contributed by atoms with E-state index in [1.54, 1.807) is 13.2 Å². The second-order valence-corrected chi connectivity index (χ2v) is 5.15. The fourth-order valence-electron chi connectivity index (χ4n) is 2.71. The van der Waals surface area contributed by atoms with Crippen molar-refractivity contribution in [2.45, 2.75) is 38.1 Å². The van der Waals surface area contributed by atoms with Crippen LogP contribution in [0.1, 0.15) is 43.7 Å². The number of hydrogen-bond donors (Lipinski definition) is 1. The Balaban J connectivity index is 2.09. The van der Waals surface area contributed by atoms with Crippen LogP contribution in [0.15, 0.2) is 24.3 Å². The van der Waals surface area contributed by atoms with Crippen molar-refractivity contribution in [3.63, 3.8) is 0 Å². The number of nitrogens with one attached hydrogen (secondary N) is 1. The van der Waals surface area contributed by atoms with E-state index in [-0.39, 0.29) is 11.8 Å². The molecule has 106 valence electrons. The van der Waals surface area contributed by atoms with Crippen molar-refractivity contribution in [3.8, 4) is 11.8 Å². The molecule has 4 nitrogen and oxygen atoms in total. The van der Waals surface area contributed by atoms with E-state index in [0.717, 1.165) is 25.7 Å². The van der Waals surface area contributed by atoms with Crippen molar-refractivity contribution in [2.24, 2.45) is 5.92 Å². The van der Waals surface area contributed by atoms with Gasteiger partial charge in [-0.1, -0.05) is 37.5 Å². The number of ether oxygens (including phenoxy) is 1. The average Bonchev–Trinajstić information content (AvgIpc) is 2.53. The number of nitrogens with zero attached hydrogens (tertiary/aromatic N) is 1. The van der Waals surface area contributed by atoms with Gasteiger partial charge in [0, 0.05) is 11.5 Å². The molecule has 0 unspecified atom stereocenters. The lowest BCUT2D eigenvalue weighted by molar-refractivity contribution is -0.126. The number of rotatable bonds is 4. The summed E-state index contributed by atoms with van der Waals surface area (Å²) in [4.78, 5) is 12.2. The summed E-state index contributed by atoms with van der Waals surface area (Å²) in [5.41, 5.74) is 0.710. The van der Waals surface area contributed by atoms with Crippen LogP contribution in [-0.4, -0.2) is 13.0 Å². The zero-order valence-corrected chi connectivity index (χ0v) is 11.8. The zero-order chi connectivity index (χ0) is 14.4. The van der Waals surface area contributed by atoms with Crippen LogP contribution in [0, 0.1) is 17.2 Å². The van der Waals surface area contributed by atoms with Crippen LogP contribution in [0.4, 0.5) is 0 Å². The van der Waals surface area contributed by atoms with Crippen molar-refractivity contribution >= 4 is 5.91 Å². The van der Waals surface area contributed by atoms with Crippen molar-refractivity contribution in [2.75, 3.05) is 7.11 Å². The summed E-state index contributed by atoms with van der Waals surface area (Å²) >= 11 is 0. The Morgan fingerprint density at radius 2 is 2.05 bits per heavy atom. The van der Waals surface area contributed by atoms with E-state index in [1.807, 2.05) is 18.2 Å². The summed E-state index contributed by atoms with van der Waals surface area (Å²) in [6.07, 6.45) is 5.26. The highest BCUT2D eigenvalue weighted by molar-refractivity contribution is 5.79. The molecule has 1 aromatic carbocycles. The lowest BCUT2D eigenvalue weighted by atomic mass is 9.88. The first kappa shape index (κ1) is 14.4. The first-order valence-electron chi connectivity index (χ1n) is 7.09. The Morgan fingerprint density at radius 1 is 1.35 bits per heavy atom. The lowest BCUT2D eigenvalue weighted by Crippen LogP contribution is -2.34. The van der Waals surface area contributed by atoms with E-state index in [4.69, 9.17) is 4.74 Å². The predicted octanol–water partition coefficient (Wildman–Crippen LogP) is 2.96. The molecule has 1 aliphatic carbocycles. The molecule has 0 saturated heterocycles. The molecule has 1 fully saturated rings. The highest BCUT2D eigenvalue weighted by atomic mass is 16.5. The van der Waals surface area contributed by atoms with Gasteiger partial charge in [0.25, 0.3) is 0 Å². The molecule has 0 radical (unpaired) electrons. The van der Waals surface area contributed by atoms with Crippen LogP contribution in [0.2, 0.25) is 0 Å². The molecule has 0 spiro atoms. The van der Waals surface area contributed by atoms with Gasteiger partial charge >= 0.3 is 0 Å². The molecule has 1 atom stereocenters. The summed E-state index contributed by atoms with van der Waals surface area (Å²) in [6.45, 7) is 0. The van der Waals surface area contributed by atoms with E-state index in [2.05, 4.69) is 11.4 Å². The molecule has 2 rings (SSSR count). The van der Waals surface area contributed by atoms with Gasteiger partial charge in [0.1, 0.15) is 11.8 Å². The Hall–Kier alpha value is -2.02. The molecule has 1 amide bonds. The van der Waals surface area contributed by atoms with E-state index >= 15 is 0 Å². The van der Waals surface area contributed by atoms with Crippen LogP contribution in [0.3, 0.4) is 0 Å². The third-order valence-corrected chi connectivity index (χ3v) is 3.84. The number of methoxy groups -OCH3 is 1. The maximum atomic E-state index is 12.2. The van der Waals surface area contributed by atoms with E-state index in [1.165, 1.54) is 6.42 Å². The third-order valence-electron chi connectivity index (χ3n) is 3.84. The molecular weight excluding hydrogens is 252 g/mol. The normalized spacial score (nSPS) is 17.0. The smallest absolute Gasteiger partial charge is 0.224 e. The molecule has 0 bridgehead atoms. The summed E-state index contributed by atoms with van der Waals surface area (Å²) in [5.74, 6) is 0.666. The molecule has 1 aliphatic rings. The molecule has 1 saturated carbocycles. The predicted molar refractivity (Wildman–Crippen MR) is 76.1 cm³/mol. The van der Waals surface area contributed by atoms with Gasteiger partial charge in [-0.3, -0.25) is 4.79 Å². The fourth-order valence-corrected chi connectivity index (χ4v) is 2.71. The van der Waals surface area contributed by atoms with Gasteiger partial charge in [-0.2, -0.15) is 5.26 Å². The highest BCUT2D eigenvalue weighted by Gasteiger charge is 2.25. The molecular formula is C16H20N2O2. The molecule has 0 aromatic heterocycles. The quantitative estimate of drug-likeness (QED) is 0.916. The largest absolute Gasteiger partial charge is 0.496 e. The number of amides is 1. The minimum Gasteiger partial charge on any atom is -0.496 e. The van der Waals surface area contributed by atoms with Crippen molar-refractivity contribution in [3.05, 3.63) is 29.8 Å². The van der Waals surface area contributed by atoms with Gasteiger partial charge < -0.3 is 10.1 Å². The Labute approximate surface area is 119 Å². The number of nitriles is 1. The second-order valence-electron chi connectivity index (χ2n) is 5.15. The monoisotopic (exact) mass is 272 g/mol. The van der Waals surface area contributed by atoms with Crippen molar-refractivity contribution in [1.29, 1.82) is 5.26 Å². The van der Waals surface area contributed by atoms with Crippen LogP contribution in [0.5, 0.6) is 5.75 Å². The summed E-state index contributed by atoms with van der Waals surface area (Å²) in [6, 6.07) is 8.80. The maximum absolute atomic E-state index is 12.2. The first-order valence-corrected chi connectivity index (χ1v) is 7.09. The first-order chi connectivity index (χ1) is 9.76. The van der Waals surface area contributed by atoms with Gasteiger partial charge in [0.05, 0.1) is 13.2 Å². The number of carbonyl (C=O) groups excluding carboxylic acids is 1. The second kappa shape index (κ2) is 6.95. The van der Waals surface area contributed by atoms with Crippen LogP contribution in [0.25, 0.3) is 0 Å². The lowest BCUT2D eigenvalue weighted by Gasteiger charge is -2.23. The molecule has 0 aliphatic heterocycles. The van der Waals surface area contributed by atoms with Gasteiger partial charge in [0.15, 0.2) is 0 Å². The molecule has 4 heteroatoms. The Morgan fingerprint density at radius 3 is 2.70 bits per heavy atom. The zero-order valence-electron chi connectivity index (χ0n) is 11.8. The third kappa shape index (κ3) is 3.30. The van der Waals surface area contributed by atoms with Crippen molar-refractivity contribution in [1.82, 2.24) is 5.32 Å². The van der Waals surface area contributed by atoms with Gasteiger partial charge in [-0.05, 0) is 18.9 Å².